The van der Waals surface area contributed by atoms with Gasteiger partial charge in [-0.1, -0.05) is 107 Å². The van der Waals surface area contributed by atoms with Gasteiger partial charge in [0.05, 0.1) is 10.8 Å². The van der Waals surface area contributed by atoms with Crippen LogP contribution < -0.4 is 0 Å². The first kappa shape index (κ1) is 35.8. The fourth-order valence-electron chi connectivity index (χ4n) is 4.74. The third-order valence-corrected chi connectivity index (χ3v) is 7.98. The number of carbonyl (C=O) groups is 2. The van der Waals surface area contributed by atoms with Crippen LogP contribution in [0.25, 0.3) is 0 Å². The average Bonchev–Trinajstić information content (AvgIpc) is 2.93. The monoisotopic (exact) mass is 592 g/mol. The van der Waals surface area contributed by atoms with Crippen molar-refractivity contribution in [3.63, 3.8) is 0 Å². The first-order valence-corrected chi connectivity index (χ1v) is 14.9. The van der Waals surface area contributed by atoms with Gasteiger partial charge in [-0.25, -0.2) is 0 Å². The molecule has 4 nitrogen and oxygen atoms in total. The van der Waals surface area contributed by atoms with Gasteiger partial charge in [-0.05, 0) is 91.5 Å². The van der Waals surface area contributed by atoms with Crippen molar-refractivity contribution in [2.75, 3.05) is 0 Å². The predicted octanol–water partition coefficient (Wildman–Crippen LogP) is 10.3. The van der Waals surface area contributed by atoms with Gasteiger partial charge < -0.3 is 10.2 Å². The van der Waals surface area contributed by atoms with Crippen LogP contribution >= 0.6 is 0 Å². The zero-order valence-electron chi connectivity index (χ0n) is 27.9. The molecule has 0 atom stereocenters. The Morgan fingerprint density at radius 2 is 0.841 bits per heavy atom. The molecule has 0 aliphatic heterocycles. The average molecular weight is 593 g/mol. The molecule has 0 radical (unpaired) electrons. The van der Waals surface area contributed by atoms with Gasteiger partial charge >= 0.3 is 0 Å². The Morgan fingerprint density at radius 3 is 1.18 bits per heavy atom. The number of aliphatic hydroxyl groups is 2. The molecule has 2 aliphatic rings. The van der Waals surface area contributed by atoms with Crippen molar-refractivity contribution < 1.29 is 19.8 Å². The van der Waals surface area contributed by atoms with Crippen molar-refractivity contribution in [1.29, 1.82) is 0 Å². The number of allylic oxidation sites excluding steroid dienone is 24. The maximum Gasteiger partial charge on any atom is 0.169 e. The van der Waals surface area contributed by atoms with E-state index in [9.17, 15) is 19.8 Å². The smallest absolute Gasteiger partial charge is 0.169 e. The van der Waals surface area contributed by atoms with Gasteiger partial charge in [-0.3, -0.25) is 9.59 Å². The Kier molecular flexibility index (Phi) is 12.5. The van der Waals surface area contributed by atoms with E-state index in [2.05, 4.69) is 0 Å². The summed E-state index contributed by atoms with van der Waals surface area (Å²) in [5.41, 5.74) is 6.04. The minimum Gasteiger partial charge on any atom is -0.508 e. The van der Waals surface area contributed by atoms with Gasteiger partial charge in [0.25, 0.3) is 0 Å². The maximum absolute atomic E-state index is 12.3. The standard InChI is InChI=1S/C40H48O4/c1-27(17-13-19-29(3)21-23-33-31(5)35(41)25-37(43)39(33,7)8)15-11-12-16-28(2)18-14-20-30(4)22-24-34-32(6)36(42)26-38(44)40(34,9)10/h11-26,41-42H,1-10H3/b12-11+,17-13+,18-14+,23-21+,24-22+,27-15+,28-16+,29-19+,30-20+. The molecule has 44 heavy (non-hydrogen) atoms. The van der Waals surface area contributed by atoms with Crippen molar-refractivity contribution in [1.82, 2.24) is 0 Å². The molecule has 232 valence electrons. The second-order valence-corrected chi connectivity index (χ2v) is 12.5. The lowest BCUT2D eigenvalue weighted by Crippen LogP contribution is -2.28. The molecule has 0 aromatic carbocycles. The molecule has 0 aromatic rings. The molecule has 0 bridgehead atoms. The SMILES string of the molecule is CC1=C(/C=C/C(C)=C/C=C/C(C)=C/C=C/C=C(C)/C=C/C=C(C)/C=C/C2=C(C)C(O)=CC(=O)C2(C)C)C(C)(C)C(=O)C=C1O. The summed E-state index contributed by atoms with van der Waals surface area (Å²) < 4.78 is 0. The number of hydrogen-bond acceptors (Lipinski definition) is 4. The van der Waals surface area contributed by atoms with E-state index in [1.165, 1.54) is 12.2 Å². The summed E-state index contributed by atoms with van der Waals surface area (Å²) in [5, 5.41) is 20.1. The van der Waals surface area contributed by atoms with Crippen LogP contribution in [0.5, 0.6) is 0 Å². The van der Waals surface area contributed by atoms with Crippen LogP contribution in [0.15, 0.2) is 153 Å². The first-order valence-electron chi connectivity index (χ1n) is 14.9. The zero-order chi connectivity index (χ0) is 33.2. The molecular formula is C40H48O4. The van der Waals surface area contributed by atoms with Crippen molar-refractivity contribution in [2.45, 2.75) is 69.2 Å². The van der Waals surface area contributed by atoms with Crippen LogP contribution in [0.2, 0.25) is 0 Å². The highest BCUT2D eigenvalue weighted by atomic mass is 16.3. The lowest BCUT2D eigenvalue weighted by molar-refractivity contribution is -0.121. The Morgan fingerprint density at radius 1 is 0.545 bits per heavy atom. The third kappa shape index (κ3) is 9.54. The topological polar surface area (TPSA) is 74.6 Å². The number of carbonyl (C=O) groups excluding carboxylic acids is 2. The van der Waals surface area contributed by atoms with E-state index in [4.69, 9.17) is 0 Å². The van der Waals surface area contributed by atoms with Crippen molar-refractivity contribution in [2.24, 2.45) is 10.8 Å². The maximum atomic E-state index is 12.3. The highest BCUT2D eigenvalue weighted by Gasteiger charge is 2.35. The largest absolute Gasteiger partial charge is 0.508 e. The minimum absolute atomic E-state index is 0.0363. The van der Waals surface area contributed by atoms with E-state index in [1.54, 1.807) is 0 Å². The number of hydrogen-bond donors (Lipinski definition) is 2. The summed E-state index contributed by atoms with van der Waals surface area (Å²) in [6.07, 6.45) is 30.5. The summed E-state index contributed by atoms with van der Waals surface area (Å²) in [7, 11) is 0. The molecule has 2 rings (SSSR count). The van der Waals surface area contributed by atoms with Gasteiger partial charge in [0.1, 0.15) is 11.5 Å². The fourth-order valence-corrected chi connectivity index (χ4v) is 4.74. The molecule has 2 N–H and O–H groups in total. The van der Waals surface area contributed by atoms with Gasteiger partial charge in [0, 0.05) is 12.2 Å². The highest BCUT2D eigenvalue weighted by molar-refractivity contribution is 6.00. The Labute approximate surface area is 264 Å². The summed E-state index contributed by atoms with van der Waals surface area (Å²) in [6, 6.07) is 0. The van der Waals surface area contributed by atoms with Crippen molar-refractivity contribution in [3.05, 3.63) is 153 Å². The molecule has 4 heteroatoms. The normalized spacial score (nSPS) is 20.9. The second-order valence-electron chi connectivity index (χ2n) is 12.5. The fraction of sp³-hybridized carbons (Fsp3) is 0.300. The minimum atomic E-state index is -0.665. The van der Waals surface area contributed by atoms with Crippen molar-refractivity contribution >= 4 is 11.6 Å². The lowest BCUT2D eigenvalue weighted by Gasteiger charge is -2.29. The van der Waals surface area contributed by atoms with Gasteiger partial charge in [0.15, 0.2) is 11.6 Å². The molecule has 0 spiro atoms. The molecular weight excluding hydrogens is 544 g/mol. The van der Waals surface area contributed by atoms with Crippen molar-refractivity contribution in [3.8, 4) is 0 Å². The lowest BCUT2D eigenvalue weighted by atomic mass is 9.74. The van der Waals surface area contributed by atoms with Crippen LogP contribution in [0.4, 0.5) is 0 Å². The molecule has 0 saturated carbocycles. The van der Waals surface area contributed by atoms with E-state index >= 15 is 0 Å². The molecule has 0 fully saturated rings. The number of rotatable bonds is 10. The van der Waals surface area contributed by atoms with E-state index in [1.807, 2.05) is 154 Å². The Balaban J connectivity index is 1.97. The van der Waals surface area contributed by atoms with E-state index in [0.29, 0.717) is 0 Å². The van der Waals surface area contributed by atoms with Crippen LogP contribution in [0.3, 0.4) is 0 Å². The number of ketones is 2. The summed E-state index contributed by atoms with van der Waals surface area (Å²) in [6.45, 7) is 19.2. The highest BCUT2D eigenvalue weighted by Crippen LogP contribution is 2.38. The van der Waals surface area contributed by atoms with Crippen LogP contribution in [-0.4, -0.2) is 21.8 Å². The molecule has 0 saturated heterocycles. The van der Waals surface area contributed by atoms with Crippen LogP contribution in [0, 0.1) is 10.8 Å². The molecule has 0 aromatic heterocycles. The third-order valence-electron chi connectivity index (χ3n) is 7.98. The Bertz CT molecular complexity index is 1450. The quantitative estimate of drug-likeness (QED) is 0.248. The van der Waals surface area contributed by atoms with Gasteiger partial charge in [-0.2, -0.15) is 0 Å². The van der Waals surface area contributed by atoms with Gasteiger partial charge in [-0.15, -0.1) is 0 Å². The van der Waals surface area contributed by atoms with Crippen LogP contribution in [0.1, 0.15) is 69.2 Å². The van der Waals surface area contributed by atoms with E-state index in [-0.39, 0.29) is 23.1 Å². The molecule has 0 heterocycles. The second kappa shape index (κ2) is 15.3. The van der Waals surface area contributed by atoms with Gasteiger partial charge in [0.2, 0.25) is 0 Å². The number of aliphatic hydroxyl groups excluding tert-OH is 2. The van der Waals surface area contributed by atoms with Crippen LogP contribution in [-0.2, 0) is 9.59 Å². The van der Waals surface area contributed by atoms with E-state index in [0.717, 1.165) is 44.6 Å². The summed E-state index contributed by atoms with van der Waals surface area (Å²) in [5.74, 6) is -0.121. The summed E-state index contributed by atoms with van der Waals surface area (Å²) >= 11 is 0. The zero-order valence-corrected chi connectivity index (χ0v) is 27.9. The molecule has 0 amide bonds. The molecule has 2 aliphatic carbocycles. The van der Waals surface area contributed by atoms with E-state index < -0.39 is 10.8 Å². The molecule has 0 unspecified atom stereocenters. The Hall–Kier alpha value is -4.44. The first-order chi connectivity index (χ1) is 20.5. The summed E-state index contributed by atoms with van der Waals surface area (Å²) in [4.78, 5) is 24.7. The predicted molar refractivity (Wildman–Crippen MR) is 185 cm³/mol.